The van der Waals surface area contributed by atoms with Crippen molar-refractivity contribution < 1.29 is 4.79 Å². The van der Waals surface area contributed by atoms with E-state index in [0.29, 0.717) is 5.16 Å². The Labute approximate surface area is 188 Å². The number of carbonyl (C=O) groups is 1. The monoisotopic (exact) mass is 447 g/mol. The van der Waals surface area contributed by atoms with Crippen LogP contribution >= 0.6 is 23.1 Å². The lowest BCUT2D eigenvalue weighted by molar-refractivity contribution is -0.113. The molecule has 7 heteroatoms. The lowest BCUT2D eigenvalue weighted by Crippen LogP contribution is -2.23. The molecular formula is C24H21N3O2S2. The fraction of sp³-hybridized carbons (Fsp3) is 0.208. The average molecular weight is 448 g/mol. The molecule has 2 aromatic carbocycles. The number of fused-ring (bicyclic) bond motifs is 3. The van der Waals surface area contributed by atoms with Crippen molar-refractivity contribution in [1.82, 2.24) is 9.55 Å². The highest BCUT2D eigenvalue weighted by Gasteiger charge is 2.23. The maximum atomic E-state index is 13.6. The molecule has 0 atom stereocenters. The first-order valence-electron chi connectivity index (χ1n) is 10.3. The summed E-state index contributed by atoms with van der Waals surface area (Å²) in [5.41, 5.74) is 2.65. The topological polar surface area (TPSA) is 64.0 Å². The number of benzene rings is 2. The fourth-order valence-corrected chi connectivity index (χ4v) is 6.05. The van der Waals surface area contributed by atoms with Gasteiger partial charge in [0.15, 0.2) is 5.16 Å². The standard InChI is InChI=1S/C24H21N3O2S2/c28-20(25-16-9-3-1-4-10-16)15-30-24-26-22-21(18-13-7-8-14-19(18)31-22)23(29)27(24)17-11-5-2-6-12-17/h1-6,9-12H,7-8,13-15H2,(H,25,28). The van der Waals surface area contributed by atoms with Gasteiger partial charge < -0.3 is 5.32 Å². The number of hydrogen-bond acceptors (Lipinski definition) is 5. The maximum Gasteiger partial charge on any atom is 0.267 e. The molecule has 0 saturated carbocycles. The number of hydrogen-bond donors (Lipinski definition) is 1. The third kappa shape index (κ3) is 4.03. The highest BCUT2D eigenvalue weighted by atomic mass is 32.2. The second kappa shape index (κ2) is 8.69. The van der Waals surface area contributed by atoms with Gasteiger partial charge in [-0.1, -0.05) is 48.2 Å². The molecule has 2 aromatic heterocycles. The second-order valence-electron chi connectivity index (χ2n) is 7.46. The number of aromatic nitrogens is 2. The number of thioether (sulfide) groups is 1. The van der Waals surface area contributed by atoms with Gasteiger partial charge in [0.25, 0.3) is 5.56 Å². The first-order valence-corrected chi connectivity index (χ1v) is 12.1. The summed E-state index contributed by atoms with van der Waals surface area (Å²) in [6, 6.07) is 18.9. The molecule has 4 aromatic rings. The van der Waals surface area contributed by atoms with E-state index in [1.165, 1.54) is 22.2 Å². The highest BCUT2D eigenvalue weighted by molar-refractivity contribution is 7.99. The van der Waals surface area contributed by atoms with Crippen molar-refractivity contribution in [2.24, 2.45) is 0 Å². The third-order valence-corrected chi connectivity index (χ3v) is 7.49. The lowest BCUT2D eigenvalue weighted by Gasteiger charge is -2.13. The molecule has 0 spiro atoms. The molecule has 1 amide bonds. The number of aryl methyl sites for hydroxylation is 2. The van der Waals surface area contributed by atoms with Gasteiger partial charge in [-0.05, 0) is 55.5 Å². The van der Waals surface area contributed by atoms with Gasteiger partial charge in [-0.2, -0.15) is 0 Å². The smallest absolute Gasteiger partial charge is 0.267 e. The third-order valence-electron chi connectivity index (χ3n) is 5.36. The molecule has 0 unspecified atom stereocenters. The first-order chi connectivity index (χ1) is 15.2. The van der Waals surface area contributed by atoms with E-state index in [-0.39, 0.29) is 17.2 Å². The summed E-state index contributed by atoms with van der Waals surface area (Å²) in [7, 11) is 0. The lowest BCUT2D eigenvalue weighted by atomic mass is 9.97. The minimum Gasteiger partial charge on any atom is -0.325 e. The molecule has 1 N–H and O–H groups in total. The van der Waals surface area contributed by atoms with Crippen LogP contribution in [0.4, 0.5) is 5.69 Å². The number of para-hydroxylation sites is 2. The predicted octanol–water partition coefficient (Wildman–Crippen LogP) is 5.06. The van der Waals surface area contributed by atoms with E-state index in [4.69, 9.17) is 4.98 Å². The summed E-state index contributed by atoms with van der Waals surface area (Å²) in [6.45, 7) is 0. The second-order valence-corrected chi connectivity index (χ2v) is 9.49. The van der Waals surface area contributed by atoms with Crippen LogP contribution in [0.5, 0.6) is 0 Å². The molecule has 1 aliphatic carbocycles. The van der Waals surface area contributed by atoms with Gasteiger partial charge in [-0.25, -0.2) is 4.98 Å². The van der Waals surface area contributed by atoms with Gasteiger partial charge in [-0.3, -0.25) is 14.2 Å². The number of amides is 1. The molecule has 31 heavy (non-hydrogen) atoms. The van der Waals surface area contributed by atoms with E-state index in [9.17, 15) is 9.59 Å². The van der Waals surface area contributed by atoms with Crippen LogP contribution in [0.3, 0.4) is 0 Å². The summed E-state index contributed by atoms with van der Waals surface area (Å²) in [5.74, 6) is 0.0423. The molecule has 0 saturated heterocycles. The zero-order valence-corrected chi connectivity index (χ0v) is 18.5. The molecule has 5 rings (SSSR count). The SMILES string of the molecule is O=C(CSc1nc2sc3c(c2c(=O)n1-c1ccccc1)CCCC3)Nc1ccccc1. The summed E-state index contributed by atoms with van der Waals surface area (Å²) in [6.07, 6.45) is 4.23. The van der Waals surface area contributed by atoms with E-state index in [1.807, 2.05) is 60.7 Å². The largest absolute Gasteiger partial charge is 0.325 e. The van der Waals surface area contributed by atoms with Gasteiger partial charge in [-0.15, -0.1) is 11.3 Å². The van der Waals surface area contributed by atoms with E-state index in [1.54, 1.807) is 15.9 Å². The minimum atomic E-state index is -0.129. The summed E-state index contributed by atoms with van der Waals surface area (Å²) in [4.78, 5) is 33.1. The van der Waals surface area contributed by atoms with Crippen molar-refractivity contribution in [2.75, 3.05) is 11.1 Å². The number of carbonyl (C=O) groups excluding carboxylic acids is 1. The van der Waals surface area contributed by atoms with Crippen LogP contribution in [0.15, 0.2) is 70.6 Å². The van der Waals surface area contributed by atoms with E-state index >= 15 is 0 Å². The summed E-state index contributed by atoms with van der Waals surface area (Å²) >= 11 is 2.92. The number of anilines is 1. The molecule has 0 fully saturated rings. The van der Waals surface area contributed by atoms with Crippen LogP contribution in [0.1, 0.15) is 23.3 Å². The molecule has 0 radical (unpaired) electrons. The summed E-state index contributed by atoms with van der Waals surface area (Å²) in [5, 5.41) is 4.19. The van der Waals surface area contributed by atoms with Crippen molar-refractivity contribution in [3.8, 4) is 5.69 Å². The molecule has 5 nitrogen and oxygen atoms in total. The molecule has 2 heterocycles. The predicted molar refractivity (Wildman–Crippen MR) is 128 cm³/mol. The van der Waals surface area contributed by atoms with Crippen molar-refractivity contribution in [3.63, 3.8) is 0 Å². The number of rotatable bonds is 5. The molecule has 156 valence electrons. The van der Waals surface area contributed by atoms with Crippen LogP contribution in [0.25, 0.3) is 15.9 Å². The van der Waals surface area contributed by atoms with Crippen LogP contribution in [0.2, 0.25) is 0 Å². The van der Waals surface area contributed by atoms with Gasteiger partial charge in [0.2, 0.25) is 5.91 Å². The van der Waals surface area contributed by atoms with Crippen LogP contribution in [-0.2, 0) is 17.6 Å². The first kappa shape index (κ1) is 20.0. The normalized spacial score (nSPS) is 13.2. The molecule has 0 bridgehead atoms. The minimum absolute atomic E-state index is 0.0402. The Kier molecular flexibility index (Phi) is 5.61. The molecular weight excluding hydrogens is 426 g/mol. The van der Waals surface area contributed by atoms with Crippen LogP contribution in [-0.4, -0.2) is 21.2 Å². The zero-order valence-electron chi connectivity index (χ0n) is 16.8. The summed E-state index contributed by atoms with van der Waals surface area (Å²) < 4.78 is 1.66. The highest BCUT2D eigenvalue weighted by Crippen LogP contribution is 2.35. The van der Waals surface area contributed by atoms with Gasteiger partial charge in [0.05, 0.1) is 16.8 Å². The van der Waals surface area contributed by atoms with Crippen molar-refractivity contribution in [3.05, 3.63) is 81.5 Å². The Bertz CT molecular complexity index is 1300. The Hall–Kier alpha value is -2.90. The van der Waals surface area contributed by atoms with Crippen molar-refractivity contribution in [1.29, 1.82) is 0 Å². The Balaban J connectivity index is 1.53. The van der Waals surface area contributed by atoms with Gasteiger partial charge in [0.1, 0.15) is 4.83 Å². The van der Waals surface area contributed by atoms with E-state index < -0.39 is 0 Å². The maximum absolute atomic E-state index is 13.6. The quantitative estimate of drug-likeness (QED) is 0.343. The molecule has 0 aliphatic heterocycles. The number of nitrogens with one attached hydrogen (secondary N) is 1. The fourth-order valence-electron chi connectivity index (χ4n) is 3.94. The Morgan fingerprint density at radius 3 is 2.52 bits per heavy atom. The Morgan fingerprint density at radius 1 is 1.03 bits per heavy atom. The van der Waals surface area contributed by atoms with E-state index in [0.717, 1.165) is 47.3 Å². The number of thiophene rings is 1. The molecule has 1 aliphatic rings. The zero-order chi connectivity index (χ0) is 21.2. The average Bonchev–Trinajstić information content (AvgIpc) is 3.18. The van der Waals surface area contributed by atoms with Gasteiger partial charge >= 0.3 is 0 Å². The van der Waals surface area contributed by atoms with Gasteiger partial charge in [0, 0.05) is 10.6 Å². The van der Waals surface area contributed by atoms with Crippen molar-refractivity contribution in [2.45, 2.75) is 30.8 Å². The van der Waals surface area contributed by atoms with E-state index in [2.05, 4.69) is 5.32 Å². The number of nitrogens with zero attached hydrogens (tertiary/aromatic N) is 2. The Morgan fingerprint density at radius 2 is 1.74 bits per heavy atom. The van der Waals surface area contributed by atoms with Crippen LogP contribution < -0.4 is 10.9 Å². The van der Waals surface area contributed by atoms with Crippen LogP contribution in [0, 0.1) is 0 Å². The van der Waals surface area contributed by atoms with Crippen molar-refractivity contribution >= 4 is 44.9 Å².